The van der Waals surface area contributed by atoms with Crippen LogP contribution in [0.2, 0.25) is 0 Å². The Morgan fingerprint density at radius 3 is 1.05 bits per heavy atom. The molecule has 721 valence electrons. The van der Waals surface area contributed by atoms with Gasteiger partial charge in [-0.05, 0) is 154 Å². The minimum atomic E-state index is -0.125. The molecule has 0 bridgehead atoms. The van der Waals surface area contributed by atoms with Crippen molar-refractivity contribution in [1.82, 2.24) is 24.9 Å². The fraction of sp³-hybridized carbons (Fsp3) is 0.0909. The molecule has 0 aliphatic carbocycles. The first-order chi connectivity index (χ1) is 65.6. The quantitative estimate of drug-likeness (QED) is 0.0281. The largest absolute Gasteiger partial charge is 0.512 e. The molecule has 0 aliphatic heterocycles. The van der Waals surface area contributed by atoms with Crippen molar-refractivity contribution in [2.75, 3.05) is 0 Å². The van der Waals surface area contributed by atoms with Gasteiger partial charge in [-0.3, -0.25) is 48.9 Å². The van der Waals surface area contributed by atoms with Crippen molar-refractivity contribution in [2.45, 2.75) is 76.2 Å². The second-order valence-electron chi connectivity index (χ2n) is 31.6. The molecule has 20 heteroatoms. The van der Waals surface area contributed by atoms with E-state index in [1.807, 2.05) is 133 Å². The molecule has 141 heavy (non-hydrogen) atoms. The van der Waals surface area contributed by atoms with Crippen LogP contribution in [0, 0.1) is 37.3 Å². The summed E-state index contributed by atoms with van der Waals surface area (Å²) in [6.07, 6.45) is 5.83. The summed E-state index contributed by atoms with van der Waals surface area (Å²) < 4.78 is 0. The van der Waals surface area contributed by atoms with Crippen LogP contribution in [0.1, 0.15) is 74.8 Å². The number of aliphatic hydroxyl groups is 5. The third-order valence-electron chi connectivity index (χ3n) is 20.2. The van der Waals surface area contributed by atoms with Crippen molar-refractivity contribution in [3.8, 4) is 56.2 Å². The number of allylic oxidation sites excluding steroid dienone is 10. The Morgan fingerprint density at radius 1 is 0.255 bits per heavy atom. The zero-order chi connectivity index (χ0) is 97.0. The second kappa shape index (κ2) is 58.7. The third kappa shape index (κ3) is 35.7. The van der Waals surface area contributed by atoms with E-state index < -0.39 is 0 Å². The van der Waals surface area contributed by atoms with Gasteiger partial charge in [0.05, 0.1) is 56.4 Å². The van der Waals surface area contributed by atoms with Gasteiger partial charge in [-0.25, -0.2) is 0 Å². The van der Waals surface area contributed by atoms with Crippen LogP contribution < -0.4 is 0 Å². The summed E-state index contributed by atoms with van der Waals surface area (Å²) >= 11 is 0. The van der Waals surface area contributed by atoms with Crippen LogP contribution in [-0.4, -0.2) is 79.4 Å². The van der Waals surface area contributed by atoms with Crippen LogP contribution >= 0.6 is 0 Å². The smallest absolute Gasteiger partial charge is 0.155 e. The Bertz CT molecular complexity index is 7630. The molecule has 0 amide bonds. The summed E-state index contributed by atoms with van der Waals surface area (Å²) in [6.45, 7) is 16.3. The van der Waals surface area contributed by atoms with Crippen molar-refractivity contribution in [3.63, 3.8) is 0 Å². The van der Waals surface area contributed by atoms with Crippen LogP contribution in [-0.2, 0) is 124 Å². The van der Waals surface area contributed by atoms with E-state index in [1.54, 1.807) is 0 Å². The predicted molar refractivity (Wildman–Crippen MR) is 558 cm³/mol. The average Bonchev–Trinajstić information content (AvgIpc) is 0.759. The Balaban J connectivity index is 0.000000248. The van der Waals surface area contributed by atoms with Crippen molar-refractivity contribution in [2.24, 2.45) is 0 Å². The molecule has 5 radical (unpaired) electrons. The number of pyridine rings is 5. The average molecular weight is 2750 g/mol. The maximum Gasteiger partial charge on any atom is 0.155 e. The predicted octanol–water partition coefficient (Wildman–Crippen LogP) is 29.8. The van der Waals surface area contributed by atoms with Crippen LogP contribution in [0.4, 0.5) is 0 Å². The standard InChI is InChI=1S/C23H14N.C21H14N.C19H12N.C17H10N.C16H12N.5C5H8O2.5Ir/c1-3-9-18-17(8-1)15-21(20-11-5-4-10-19(18)20)23-14-13-16-7-2-6-12-22(16)24-23;1-2-6-16(7-3-1)17-10-12-19(13-11-17)21-15-14-18-8-4-5-9-20(18)22-21;1-3-9-16-14(6-1)8-5-10-17(16)19-13-12-15-7-2-4-11-18(15)20-19;1-3-7-15-12(5-1)9-10-14-11-13-6-2-4-8-16(13)18-17(14)15;1-12-6-2-4-8-14(12)16-11-10-13-7-3-5-9-15(13)17-16;5*1-4(6)3-5(2)7;;;;;/h1-14H;1-12,14-15H;1-9,11-13H;1-6,8-11H;2-7,9-11H,1H3;5*3,6H,1-2H3;;;;;/q5*-1;;;;;;;;;;. The fourth-order valence-corrected chi connectivity index (χ4v) is 14.5. The number of benzene rings is 15. The van der Waals surface area contributed by atoms with Gasteiger partial charge in [0.1, 0.15) is 0 Å². The Kier molecular flexibility index (Phi) is 48.2. The molecule has 0 aliphatic rings. The molecule has 0 spiro atoms. The van der Waals surface area contributed by atoms with E-state index in [2.05, 4.69) is 267 Å². The van der Waals surface area contributed by atoms with Gasteiger partial charge < -0.3 is 25.5 Å². The number of nitrogens with zero attached hydrogens (tertiary/aromatic N) is 5. The zero-order valence-corrected chi connectivity index (χ0v) is 91.1. The number of carbonyl (C=O) groups excluding carboxylic acids is 5. The summed E-state index contributed by atoms with van der Waals surface area (Å²) in [6, 6.07) is 139. The molecule has 0 atom stereocenters. The number of hydrogen-bond acceptors (Lipinski definition) is 15. The zero-order valence-electron chi connectivity index (χ0n) is 79.1. The number of aliphatic hydroxyl groups excluding tert-OH is 5. The second-order valence-corrected chi connectivity index (χ2v) is 31.6. The monoisotopic (exact) mass is 2750 g/mol. The SMILES string of the molecule is CC(=O)C=C(C)O.CC(=O)C=C(C)O.CC(=O)C=C(C)O.CC(=O)C=C(C)O.CC(=O)C=C(C)O.Cc1ccc[c-]c1-c1ccc2ccccc2n1.[Ir].[Ir].[Ir].[Ir].[Ir].[c-]1c(-c2ccc3ccccc3n2)c2ccccc2c2ccccc12.[c-]1cc(-c2ccccc2)ccc1-c1ccc2ccccc2n1.[c-]1ccc2ccccc2c1-c1ccc2ccccc2n1.[c-]1cccc2ccc3cc4ccccc4nc3c12. The summed E-state index contributed by atoms with van der Waals surface area (Å²) in [5.74, 6) is -0.312. The van der Waals surface area contributed by atoms with Gasteiger partial charge in [-0.1, -0.05) is 300 Å². The molecule has 5 N–H and O–H groups in total. The number of hydrogen-bond donors (Lipinski definition) is 5. The van der Waals surface area contributed by atoms with Crippen LogP contribution in [0.25, 0.3) is 165 Å². The van der Waals surface area contributed by atoms with E-state index in [-0.39, 0.29) is 158 Å². The van der Waals surface area contributed by atoms with Gasteiger partial charge in [0.15, 0.2) is 28.9 Å². The van der Waals surface area contributed by atoms with Gasteiger partial charge in [0, 0.05) is 137 Å². The molecule has 15 nitrogen and oxygen atoms in total. The molecule has 5 aromatic heterocycles. The maximum absolute atomic E-state index is 10.0. The van der Waals surface area contributed by atoms with Crippen LogP contribution in [0.15, 0.2) is 417 Å². The summed E-state index contributed by atoms with van der Waals surface area (Å²) in [5.41, 5.74) is 17.8. The Hall–Kier alpha value is -14.1. The molecule has 5 heterocycles. The van der Waals surface area contributed by atoms with E-state index in [0.29, 0.717) is 0 Å². The van der Waals surface area contributed by atoms with E-state index in [9.17, 15) is 24.0 Å². The minimum absolute atomic E-state index is 0. The van der Waals surface area contributed by atoms with Crippen molar-refractivity contribution < 1.29 is 150 Å². The van der Waals surface area contributed by atoms with Crippen molar-refractivity contribution in [1.29, 1.82) is 0 Å². The molecule has 20 aromatic rings. The van der Waals surface area contributed by atoms with Gasteiger partial charge >= 0.3 is 0 Å². The Morgan fingerprint density at radius 2 is 0.603 bits per heavy atom. The number of rotatable bonds is 10. The van der Waals surface area contributed by atoms with Crippen LogP contribution in [0.5, 0.6) is 0 Å². The number of aryl methyl sites for hydroxylation is 1. The van der Waals surface area contributed by atoms with E-state index >= 15 is 0 Å². The summed E-state index contributed by atoms with van der Waals surface area (Å²) in [5, 5.41) is 58.3. The first kappa shape index (κ1) is 116. The van der Waals surface area contributed by atoms with E-state index in [1.165, 1.54) is 165 Å². The topological polar surface area (TPSA) is 251 Å². The number of aromatic nitrogens is 5. The number of carbonyl (C=O) groups is 5. The number of para-hydroxylation sites is 5. The molecule has 0 saturated carbocycles. The molecule has 15 aromatic carbocycles. The normalized spacial score (nSPS) is 10.7. The minimum Gasteiger partial charge on any atom is -0.512 e. The molecule has 20 rings (SSSR count). The van der Waals surface area contributed by atoms with E-state index in [0.717, 1.165) is 105 Å². The fourth-order valence-electron chi connectivity index (χ4n) is 14.5. The van der Waals surface area contributed by atoms with Crippen molar-refractivity contribution >= 4 is 137 Å². The first-order valence-electron chi connectivity index (χ1n) is 43.8. The Labute approximate surface area is 889 Å². The van der Waals surface area contributed by atoms with Gasteiger partial charge in [-0.2, -0.15) is 0 Å². The third-order valence-corrected chi connectivity index (χ3v) is 20.2. The number of fused-ring (bicyclic) bond motifs is 12. The maximum atomic E-state index is 10.0. The summed E-state index contributed by atoms with van der Waals surface area (Å²) in [4.78, 5) is 73.9. The molecule has 0 saturated heterocycles. The number of ketones is 5. The molecule has 0 fully saturated rings. The van der Waals surface area contributed by atoms with Gasteiger partial charge in [0.25, 0.3) is 0 Å². The van der Waals surface area contributed by atoms with Crippen LogP contribution in [0.3, 0.4) is 0 Å². The summed E-state index contributed by atoms with van der Waals surface area (Å²) in [7, 11) is 0. The van der Waals surface area contributed by atoms with Crippen molar-refractivity contribution in [3.05, 3.63) is 453 Å². The molecule has 0 unspecified atom stereocenters. The van der Waals surface area contributed by atoms with E-state index in [4.69, 9.17) is 45.5 Å². The van der Waals surface area contributed by atoms with Gasteiger partial charge in [0.2, 0.25) is 0 Å². The molecular formula is C121H102Ir5N5O10-5. The van der Waals surface area contributed by atoms with Gasteiger partial charge in [-0.15, -0.1) is 147 Å². The first-order valence-corrected chi connectivity index (χ1v) is 43.8. The molecular weight excluding hydrogens is 2640 g/mol.